The van der Waals surface area contributed by atoms with Crippen LogP contribution in [0.4, 0.5) is 5.69 Å². The molecule has 2 amide bonds. The highest BCUT2D eigenvalue weighted by Gasteiger charge is 2.30. The Morgan fingerprint density at radius 1 is 1.10 bits per heavy atom. The molecule has 2 aromatic rings. The number of hydrogen-bond acceptors (Lipinski definition) is 7. The predicted molar refractivity (Wildman–Crippen MR) is 114 cm³/mol. The first-order valence-corrected chi connectivity index (χ1v) is 9.62. The predicted octanol–water partition coefficient (Wildman–Crippen LogP) is 2.65. The van der Waals surface area contributed by atoms with E-state index >= 15 is 0 Å². The van der Waals surface area contributed by atoms with E-state index in [2.05, 4.69) is 20.8 Å². The first kappa shape index (κ1) is 20.4. The first-order chi connectivity index (χ1) is 14.1. The summed E-state index contributed by atoms with van der Waals surface area (Å²) in [7, 11) is 3.17. The summed E-state index contributed by atoms with van der Waals surface area (Å²) in [6.07, 6.45) is 1.62. The van der Waals surface area contributed by atoms with E-state index in [9.17, 15) is 9.59 Å². The number of nitrogens with zero attached hydrogens (tertiary/aromatic N) is 2. The highest BCUT2D eigenvalue weighted by molar-refractivity contribution is 8.15. The summed E-state index contributed by atoms with van der Waals surface area (Å²) < 4.78 is 10.2. The van der Waals surface area contributed by atoms with Crippen LogP contribution in [0, 0.1) is 0 Å². The fourth-order valence-electron chi connectivity index (χ4n) is 2.47. The minimum Gasteiger partial charge on any atom is -0.497 e. The average molecular weight is 412 g/mol. The Bertz CT molecular complexity index is 927. The number of carbonyl (C=O) groups is 2. The van der Waals surface area contributed by atoms with Crippen molar-refractivity contribution in [3.05, 3.63) is 54.1 Å². The number of benzene rings is 2. The number of thioether (sulfide) groups is 1. The Morgan fingerprint density at radius 3 is 2.34 bits per heavy atom. The molecule has 3 rings (SSSR count). The van der Waals surface area contributed by atoms with Gasteiger partial charge in [-0.2, -0.15) is 5.10 Å². The van der Waals surface area contributed by atoms with E-state index in [0.717, 1.165) is 23.1 Å². The monoisotopic (exact) mass is 412 g/mol. The molecule has 0 radical (unpaired) electrons. The van der Waals surface area contributed by atoms with Crippen molar-refractivity contribution >= 4 is 40.6 Å². The third-order valence-corrected chi connectivity index (χ3v) is 5.06. The highest BCUT2D eigenvalue weighted by Crippen LogP contribution is 2.23. The van der Waals surface area contributed by atoms with E-state index < -0.39 is 5.25 Å². The normalized spacial score (nSPS) is 17.8. The molecule has 1 aliphatic rings. The van der Waals surface area contributed by atoms with Crippen molar-refractivity contribution in [3.8, 4) is 11.5 Å². The molecule has 2 aromatic carbocycles. The van der Waals surface area contributed by atoms with Crippen LogP contribution in [-0.4, -0.2) is 42.7 Å². The number of hydrogen-bond donors (Lipinski definition) is 2. The maximum absolute atomic E-state index is 12.5. The summed E-state index contributed by atoms with van der Waals surface area (Å²) in [5.41, 5.74) is 1.45. The molecule has 0 aliphatic carbocycles. The molecule has 1 fully saturated rings. The second-order valence-electron chi connectivity index (χ2n) is 6.00. The molecule has 29 heavy (non-hydrogen) atoms. The van der Waals surface area contributed by atoms with Crippen molar-refractivity contribution in [3.63, 3.8) is 0 Å². The van der Waals surface area contributed by atoms with Gasteiger partial charge in [0.2, 0.25) is 11.8 Å². The van der Waals surface area contributed by atoms with Crippen molar-refractivity contribution in [1.82, 2.24) is 5.32 Å². The summed E-state index contributed by atoms with van der Waals surface area (Å²) in [5, 5.41) is 13.1. The Hall–Kier alpha value is -3.33. The molecule has 0 saturated carbocycles. The molecule has 8 nitrogen and oxygen atoms in total. The largest absolute Gasteiger partial charge is 0.497 e. The molecular weight excluding hydrogens is 392 g/mol. The number of amides is 2. The maximum atomic E-state index is 12.5. The van der Waals surface area contributed by atoms with Gasteiger partial charge < -0.3 is 20.1 Å². The Labute approximate surface area is 172 Å². The summed E-state index contributed by atoms with van der Waals surface area (Å²) in [6, 6.07) is 14.3. The van der Waals surface area contributed by atoms with E-state index in [4.69, 9.17) is 9.47 Å². The lowest BCUT2D eigenvalue weighted by molar-refractivity contribution is -0.123. The van der Waals surface area contributed by atoms with Gasteiger partial charge in [-0.3, -0.25) is 9.59 Å². The van der Waals surface area contributed by atoms with Crippen molar-refractivity contribution in [2.75, 3.05) is 19.5 Å². The van der Waals surface area contributed by atoms with Crippen LogP contribution in [0.3, 0.4) is 0 Å². The second-order valence-corrected chi connectivity index (χ2v) is 7.19. The molecule has 9 heteroatoms. The summed E-state index contributed by atoms with van der Waals surface area (Å²) >= 11 is 1.16. The number of ether oxygens (including phenoxy) is 2. The van der Waals surface area contributed by atoms with Crippen LogP contribution < -0.4 is 20.1 Å². The van der Waals surface area contributed by atoms with Gasteiger partial charge in [-0.05, 0) is 54.1 Å². The van der Waals surface area contributed by atoms with Crippen LogP contribution in [0.25, 0.3) is 0 Å². The molecule has 1 heterocycles. The highest BCUT2D eigenvalue weighted by atomic mass is 32.2. The summed E-state index contributed by atoms with van der Waals surface area (Å²) in [6.45, 7) is 0. The molecule has 0 bridgehead atoms. The van der Waals surface area contributed by atoms with Gasteiger partial charge >= 0.3 is 0 Å². The van der Waals surface area contributed by atoms with Crippen LogP contribution >= 0.6 is 11.8 Å². The first-order valence-electron chi connectivity index (χ1n) is 8.74. The molecule has 1 aliphatic heterocycles. The van der Waals surface area contributed by atoms with E-state index in [1.165, 1.54) is 0 Å². The van der Waals surface area contributed by atoms with Gasteiger partial charge in [0.15, 0.2) is 5.17 Å². The van der Waals surface area contributed by atoms with E-state index in [1.807, 2.05) is 24.3 Å². The zero-order chi connectivity index (χ0) is 20.6. The Kier molecular flexibility index (Phi) is 6.85. The van der Waals surface area contributed by atoms with Gasteiger partial charge in [-0.25, -0.2) is 0 Å². The zero-order valence-corrected chi connectivity index (χ0v) is 16.7. The molecule has 0 aromatic heterocycles. The van der Waals surface area contributed by atoms with Crippen molar-refractivity contribution in [1.29, 1.82) is 0 Å². The second kappa shape index (κ2) is 9.74. The number of carbonyl (C=O) groups excluding carboxylic acids is 2. The van der Waals surface area contributed by atoms with Gasteiger partial charge in [-0.15, -0.1) is 5.10 Å². The topological polar surface area (TPSA) is 101 Å². The molecule has 1 saturated heterocycles. The van der Waals surface area contributed by atoms with Crippen LogP contribution in [0.5, 0.6) is 11.5 Å². The van der Waals surface area contributed by atoms with Gasteiger partial charge in [0.1, 0.15) is 16.7 Å². The number of nitrogens with one attached hydrogen (secondary N) is 2. The van der Waals surface area contributed by atoms with Gasteiger partial charge in [0, 0.05) is 12.1 Å². The van der Waals surface area contributed by atoms with Crippen LogP contribution in [-0.2, 0) is 9.59 Å². The average Bonchev–Trinajstić information content (AvgIpc) is 2.74. The fourth-order valence-corrected chi connectivity index (χ4v) is 3.41. The summed E-state index contributed by atoms with van der Waals surface area (Å²) in [5.74, 6) is 0.881. The number of methoxy groups -OCH3 is 2. The number of amidine groups is 1. The Morgan fingerprint density at radius 2 is 1.72 bits per heavy atom. The quantitative estimate of drug-likeness (QED) is 0.561. The van der Waals surface area contributed by atoms with Crippen LogP contribution in [0.1, 0.15) is 12.0 Å². The lowest BCUT2D eigenvalue weighted by atomic mass is 10.2. The van der Waals surface area contributed by atoms with Crippen molar-refractivity contribution in [2.45, 2.75) is 11.7 Å². The smallest absolute Gasteiger partial charge is 0.238 e. The van der Waals surface area contributed by atoms with Gasteiger partial charge in [0.25, 0.3) is 0 Å². The number of rotatable bonds is 6. The SMILES string of the molecule is COc1ccc(/C=N\N=C2/NC(=O)C[C@@H](C(=O)Nc3ccc(OC)cc3)S2)cc1. The minimum absolute atomic E-state index is 0.0634. The third-order valence-electron chi connectivity index (χ3n) is 3.99. The lowest BCUT2D eigenvalue weighted by Crippen LogP contribution is -2.41. The van der Waals surface area contributed by atoms with E-state index in [-0.39, 0.29) is 23.4 Å². The van der Waals surface area contributed by atoms with Crippen molar-refractivity contribution < 1.29 is 19.1 Å². The fraction of sp³-hybridized carbons (Fsp3) is 0.200. The summed E-state index contributed by atoms with van der Waals surface area (Å²) in [4.78, 5) is 24.5. The van der Waals surface area contributed by atoms with Crippen LogP contribution in [0.2, 0.25) is 0 Å². The third kappa shape index (κ3) is 5.82. The van der Waals surface area contributed by atoms with Gasteiger partial charge in [0.05, 0.1) is 20.4 Å². The van der Waals surface area contributed by atoms with E-state index in [1.54, 1.807) is 44.7 Å². The molecule has 0 spiro atoms. The van der Waals surface area contributed by atoms with Gasteiger partial charge in [-0.1, -0.05) is 11.8 Å². The van der Waals surface area contributed by atoms with Crippen molar-refractivity contribution in [2.24, 2.45) is 10.2 Å². The lowest BCUT2D eigenvalue weighted by Gasteiger charge is -2.21. The molecule has 0 unspecified atom stereocenters. The van der Waals surface area contributed by atoms with E-state index in [0.29, 0.717) is 11.4 Å². The maximum Gasteiger partial charge on any atom is 0.238 e. The minimum atomic E-state index is -0.596. The standard InChI is InChI=1S/C20H20N4O4S/c1-27-15-7-3-13(4-8-15)12-21-24-20-23-18(25)11-17(29-20)19(26)22-14-5-9-16(28-2)10-6-14/h3-10,12,17H,11H2,1-2H3,(H,22,26)(H,23,24,25)/b21-12-/t17-/m0/s1. The molecule has 2 N–H and O–H groups in total. The molecular formula is C20H20N4O4S. The van der Waals surface area contributed by atoms with Crippen LogP contribution in [0.15, 0.2) is 58.7 Å². The molecule has 1 atom stereocenters. The Balaban J connectivity index is 1.62. The zero-order valence-electron chi connectivity index (χ0n) is 15.9. The number of anilines is 1. The molecule has 150 valence electrons.